The molecule has 0 aliphatic heterocycles. The van der Waals surface area contributed by atoms with Crippen LogP contribution in [-0.4, -0.2) is 80.8 Å². The molecule has 0 aromatic rings. The van der Waals surface area contributed by atoms with E-state index in [-0.39, 0.29) is 59.7 Å². The van der Waals surface area contributed by atoms with E-state index >= 15 is 17.6 Å². The highest BCUT2D eigenvalue weighted by atomic mass is 19.3. The maximum Gasteiger partial charge on any atom is 0.305 e. The Labute approximate surface area is 387 Å². The Morgan fingerprint density at radius 3 is 1.28 bits per heavy atom. The monoisotopic (exact) mass is 927 g/mol. The number of aliphatic hydroxyl groups is 4. The Morgan fingerprint density at radius 1 is 0.569 bits per heavy atom. The number of fused-ring (bicyclic) bond motifs is 10. The molecule has 8 aliphatic rings. The van der Waals surface area contributed by atoms with E-state index in [1.807, 2.05) is 27.7 Å². The van der Waals surface area contributed by atoms with Gasteiger partial charge in [-0.3, -0.25) is 9.59 Å². The Balaban J connectivity index is 0.000000194. The molecule has 0 aromatic heterocycles. The van der Waals surface area contributed by atoms with Gasteiger partial charge in [-0.2, -0.15) is 0 Å². The van der Waals surface area contributed by atoms with Crippen molar-refractivity contribution in [1.82, 2.24) is 0 Å². The predicted molar refractivity (Wildman–Crippen MR) is 241 cm³/mol. The van der Waals surface area contributed by atoms with Gasteiger partial charge >= 0.3 is 11.9 Å². The lowest BCUT2D eigenvalue weighted by atomic mass is 9.40. The number of hydrogen-bond acceptors (Lipinski definition) is 7. The van der Waals surface area contributed by atoms with E-state index in [1.165, 1.54) is 7.11 Å². The van der Waals surface area contributed by atoms with Crippen LogP contribution in [0.2, 0.25) is 0 Å². The minimum atomic E-state index is -3.16. The SMILES string of the molecule is CC[C@@H]1[C@@H]2C(F)(F)[C@H](O)CC[C@]2(C)C2CC[C@@]3(C)C(CCC3[C@H](C)CCC(=O)O)C2[C@@H]1O.CC[C@@H]1[C@@H]2C(F)(F)[C@H](O)CC[C@]2(C)C2CC[C@@]3(C)C(CCC3[C@H](C)CCC(=O)OC)C2[C@@H]1O. The minimum Gasteiger partial charge on any atom is -0.481 e. The van der Waals surface area contributed by atoms with Crippen molar-refractivity contribution >= 4 is 11.9 Å². The third kappa shape index (κ3) is 8.06. The molecule has 22 atom stereocenters. The third-order valence-electron chi connectivity index (χ3n) is 22.2. The molecular weight excluding hydrogens is 841 g/mol. The lowest BCUT2D eigenvalue weighted by molar-refractivity contribution is -0.286. The molecule has 0 aromatic carbocycles. The first kappa shape index (κ1) is 51.4. The summed E-state index contributed by atoms with van der Waals surface area (Å²) in [6.07, 6.45) is 7.62. The summed E-state index contributed by atoms with van der Waals surface area (Å²) >= 11 is 0. The highest BCUT2D eigenvalue weighted by Gasteiger charge is 2.73. The number of halogens is 4. The van der Waals surface area contributed by atoms with Gasteiger partial charge in [-0.05, 0) is 183 Å². The van der Waals surface area contributed by atoms with Crippen LogP contribution in [-0.2, 0) is 14.3 Å². The van der Waals surface area contributed by atoms with Gasteiger partial charge in [0.15, 0.2) is 0 Å². The molecule has 0 radical (unpaired) electrons. The molecule has 0 amide bonds. The fourth-order valence-corrected chi connectivity index (χ4v) is 19.2. The fourth-order valence-electron chi connectivity index (χ4n) is 19.2. The summed E-state index contributed by atoms with van der Waals surface area (Å²) in [6, 6.07) is 0. The van der Waals surface area contributed by atoms with Gasteiger partial charge < -0.3 is 30.3 Å². The van der Waals surface area contributed by atoms with E-state index in [0.29, 0.717) is 74.0 Å². The maximum atomic E-state index is 15.4. The van der Waals surface area contributed by atoms with Crippen molar-refractivity contribution in [1.29, 1.82) is 0 Å². The van der Waals surface area contributed by atoms with Crippen LogP contribution in [0.4, 0.5) is 17.6 Å². The molecule has 8 unspecified atom stereocenters. The molecule has 65 heavy (non-hydrogen) atoms. The lowest BCUT2D eigenvalue weighted by Gasteiger charge is -2.65. The van der Waals surface area contributed by atoms with E-state index in [2.05, 4.69) is 27.7 Å². The normalized spacial score (nSPS) is 50.1. The quantitative estimate of drug-likeness (QED) is 0.108. The average Bonchev–Trinajstić information content (AvgIpc) is 3.80. The summed E-state index contributed by atoms with van der Waals surface area (Å²) in [5.41, 5.74) is -1.03. The maximum absolute atomic E-state index is 15.4. The number of ether oxygens (including phenoxy) is 1. The molecule has 8 aliphatic carbocycles. The number of hydrogen-bond donors (Lipinski definition) is 5. The van der Waals surface area contributed by atoms with Crippen LogP contribution < -0.4 is 0 Å². The van der Waals surface area contributed by atoms with Crippen LogP contribution in [0, 0.1) is 105 Å². The number of methoxy groups -OCH3 is 1. The molecule has 8 nitrogen and oxygen atoms in total. The van der Waals surface area contributed by atoms with Crippen LogP contribution >= 0.6 is 0 Å². The number of aliphatic carboxylic acids is 1. The molecule has 8 rings (SSSR count). The second-order valence-electron chi connectivity index (χ2n) is 24.6. The first-order valence-electron chi connectivity index (χ1n) is 26.1. The molecular formula is C53H86F4O8. The van der Waals surface area contributed by atoms with Gasteiger partial charge in [0, 0.05) is 24.7 Å². The van der Waals surface area contributed by atoms with Crippen molar-refractivity contribution < 1.29 is 57.4 Å². The number of rotatable bonds is 10. The van der Waals surface area contributed by atoms with Gasteiger partial charge in [-0.25, -0.2) is 17.6 Å². The number of carboxylic acids is 1. The molecule has 0 saturated heterocycles. The van der Waals surface area contributed by atoms with Crippen molar-refractivity contribution in [3.63, 3.8) is 0 Å². The van der Waals surface area contributed by atoms with Crippen molar-refractivity contribution in [2.75, 3.05) is 7.11 Å². The predicted octanol–water partition coefficient (Wildman–Crippen LogP) is 10.8. The molecule has 374 valence electrons. The second-order valence-corrected chi connectivity index (χ2v) is 24.6. The summed E-state index contributed by atoms with van der Waals surface area (Å²) in [6.45, 7) is 17.0. The summed E-state index contributed by atoms with van der Waals surface area (Å²) < 4.78 is 66.5. The third-order valence-corrected chi connectivity index (χ3v) is 22.2. The molecule has 8 saturated carbocycles. The number of esters is 1. The van der Waals surface area contributed by atoms with Crippen molar-refractivity contribution in [2.45, 2.75) is 207 Å². The molecule has 5 N–H and O–H groups in total. The van der Waals surface area contributed by atoms with Gasteiger partial charge in [0.1, 0.15) is 12.2 Å². The number of carbonyl (C=O) groups excluding carboxylic acids is 1. The van der Waals surface area contributed by atoms with E-state index < -0.39 is 76.7 Å². The van der Waals surface area contributed by atoms with Gasteiger partial charge in [0.25, 0.3) is 11.8 Å². The van der Waals surface area contributed by atoms with Crippen molar-refractivity contribution in [3.8, 4) is 0 Å². The lowest BCUT2D eigenvalue weighted by Crippen LogP contribution is -2.67. The summed E-state index contributed by atoms with van der Waals surface area (Å²) in [5.74, 6) is -7.80. The zero-order valence-corrected chi connectivity index (χ0v) is 41.1. The van der Waals surface area contributed by atoms with Crippen LogP contribution in [0.5, 0.6) is 0 Å². The molecule has 8 fully saturated rings. The smallest absolute Gasteiger partial charge is 0.305 e. The largest absolute Gasteiger partial charge is 0.481 e. The van der Waals surface area contributed by atoms with Crippen LogP contribution in [0.3, 0.4) is 0 Å². The minimum absolute atomic E-state index is 0.0164. The Morgan fingerprint density at radius 2 is 0.923 bits per heavy atom. The Hall–Kier alpha value is -1.50. The number of carboxylic acid groups (broad SMARTS) is 1. The molecule has 0 spiro atoms. The summed E-state index contributed by atoms with van der Waals surface area (Å²) in [5, 5.41) is 52.8. The first-order chi connectivity index (χ1) is 30.3. The Kier molecular flexibility index (Phi) is 14.5. The zero-order valence-electron chi connectivity index (χ0n) is 41.1. The fraction of sp³-hybridized carbons (Fsp3) is 0.962. The van der Waals surface area contributed by atoms with E-state index in [9.17, 15) is 30.0 Å². The first-order valence-corrected chi connectivity index (χ1v) is 26.1. The average molecular weight is 927 g/mol. The molecule has 12 heteroatoms. The highest BCUT2D eigenvalue weighted by Crippen LogP contribution is 2.73. The van der Waals surface area contributed by atoms with Gasteiger partial charge in [0.05, 0.1) is 19.3 Å². The van der Waals surface area contributed by atoms with Gasteiger partial charge in [0.2, 0.25) is 0 Å². The molecule has 0 heterocycles. The molecule has 0 bridgehead atoms. The number of carbonyl (C=O) groups is 2. The summed E-state index contributed by atoms with van der Waals surface area (Å²) in [4.78, 5) is 22.8. The van der Waals surface area contributed by atoms with E-state index in [4.69, 9.17) is 9.84 Å². The zero-order chi connectivity index (χ0) is 48.0. The number of aliphatic hydroxyl groups excluding tert-OH is 4. The highest BCUT2D eigenvalue weighted by molar-refractivity contribution is 5.69. The van der Waals surface area contributed by atoms with Crippen LogP contribution in [0.25, 0.3) is 0 Å². The van der Waals surface area contributed by atoms with Crippen molar-refractivity contribution in [3.05, 3.63) is 0 Å². The Bertz CT molecular complexity index is 1710. The summed E-state index contributed by atoms with van der Waals surface area (Å²) in [7, 11) is 1.43. The van der Waals surface area contributed by atoms with Gasteiger partial charge in [-0.1, -0.05) is 68.2 Å². The number of alkyl halides is 4. The topological polar surface area (TPSA) is 145 Å². The van der Waals surface area contributed by atoms with Crippen molar-refractivity contribution in [2.24, 2.45) is 105 Å². The van der Waals surface area contributed by atoms with Crippen LogP contribution in [0.15, 0.2) is 0 Å². The standard InChI is InChI=1S/C27H44F2O4.C26H42F2O4/c1-6-16-23(32)22-18-9-8-17(15(2)7-10-21(31)33-5)25(18,3)13-11-19(22)26(4)14-12-20(30)27(28,29)24(16)26;1-5-15-22(32)21-17-8-7-16(14(2)6-9-20(30)31)24(17,3)12-10-18(21)25(4)13-11-19(29)26(27,28)23(15)25/h15-20,22-24,30,32H,6-14H2,1-5H3;14-19,21-23,29,32H,5-13H2,1-4H3,(H,30,31)/t15-,16+,17?,18?,19?,20-,22?,23-,24+,25-,26-;14-,15+,16?,17?,18?,19-,21?,22-,23+,24-,25-/m11/s1. The van der Waals surface area contributed by atoms with E-state index in [1.54, 1.807) is 0 Å². The van der Waals surface area contributed by atoms with Crippen LogP contribution in [0.1, 0.15) is 171 Å². The second kappa shape index (κ2) is 18.4. The van der Waals surface area contributed by atoms with Gasteiger partial charge in [-0.15, -0.1) is 0 Å². The van der Waals surface area contributed by atoms with E-state index in [0.717, 1.165) is 57.8 Å².